The van der Waals surface area contributed by atoms with Crippen molar-refractivity contribution in [1.29, 1.82) is 0 Å². The number of para-hydroxylation sites is 1. The Bertz CT molecular complexity index is 645. The van der Waals surface area contributed by atoms with Crippen LogP contribution in [-0.4, -0.2) is 12.5 Å². The minimum absolute atomic E-state index is 0.123. The Morgan fingerprint density at radius 3 is 2.59 bits per heavy atom. The van der Waals surface area contributed by atoms with Crippen molar-refractivity contribution in [3.63, 3.8) is 0 Å². The number of hydrogen-bond donors (Lipinski definition) is 0. The highest BCUT2D eigenvalue weighted by Gasteiger charge is 2.21. The van der Waals surface area contributed by atoms with Crippen molar-refractivity contribution in [3.8, 4) is 0 Å². The SMILES string of the molecule is CCCc1ccc(C(=O)N2CCCCc3ccccc32)cc1. The molecular formula is C20H23NO. The first kappa shape index (κ1) is 14.8. The summed E-state index contributed by atoms with van der Waals surface area (Å²) in [6.45, 7) is 2.99. The second-order valence-electron chi connectivity index (χ2n) is 5.99. The molecule has 22 heavy (non-hydrogen) atoms. The molecule has 0 aromatic heterocycles. The predicted molar refractivity (Wildman–Crippen MR) is 91.5 cm³/mol. The molecule has 1 heterocycles. The van der Waals surface area contributed by atoms with E-state index >= 15 is 0 Å². The van der Waals surface area contributed by atoms with E-state index in [0.29, 0.717) is 0 Å². The van der Waals surface area contributed by atoms with Crippen LogP contribution in [0.3, 0.4) is 0 Å². The van der Waals surface area contributed by atoms with E-state index in [1.165, 1.54) is 11.1 Å². The van der Waals surface area contributed by atoms with E-state index in [9.17, 15) is 4.79 Å². The smallest absolute Gasteiger partial charge is 0.258 e. The van der Waals surface area contributed by atoms with Gasteiger partial charge in [0.15, 0.2) is 0 Å². The van der Waals surface area contributed by atoms with Crippen LogP contribution in [-0.2, 0) is 12.8 Å². The Hall–Kier alpha value is -2.09. The molecule has 1 aliphatic rings. The van der Waals surface area contributed by atoms with Crippen molar-refractivity contribution in [3.05, 3.63) is 65.2 Å². The van der Waals surface area contributed by atoms with Gasteiger partial charge >= 0.3 is 0 Å². The zero-order valence-corrected chi connectivity index (χ0v) is 13.2. The van der Waals surface area contributed by atoms with Crippen LogP contribution in [0.5, 0.6) is 0 Å². The number of aryl methyl sites for hydroxylation is 2. The number of benzene rings is 2. The molecule has 1 amide bonds. The van der Waals surface area contributed by atoms with Crippen molar-refractivity contribution < 1.29 is 4.79 Å². The summed E-state index contributed by atoms with van der Waals surface area (Å²) in [4.78, 5) is 14.9. The normalized spacial score (nSPS) is 14.3. The maximum atomic E-state index is 12.9. The molecule has 0 unspecified atom stereocenters. The van der Waals surface area contributed by atoms with Crippen LogP contribution < -0.4 is 4.90 Å². The van der Waals surface area contributed by atoms with Gasteiger partial charge in [-0.25, -0.2) is 0 Å². The summed E-state index contributed by atoms with van der Waals surface area (Å²) in [6.07, 6.45) is 5.48. The molecule has 2 nitrogen and oxygen atoms in total. The van der Waals surface area contributed by atoms with Crippen LogP contribution in [0, 0.1) is 0 Å². The third-order valence-corrected chi connectivity index (χ3v) is 4.34. The van der Waals surface area contributed by atoms with Crippen molar-refractivity contribution in [1.82, 2.24) is 0 Å². The molecule has 0 saturated heterocycles. The van der Waals surface area contributed by atoms with Crippen molar-refractivity contribution in [2.24, 2.45) is 0 Å². The molecule has 3 rings (SSSR count). The van der Waals surface area contributed by atoms with Gasteiger partial charge < -0.3 is 4.90 Å². The summed E-state index contributed by atoms with van der Waals surface area (Å²) in [6, 6.07) is 16.4. The van der Waals surface area contributed by atoms with E-state index in [4.69, 9.17) is 0 Å². The maximum absolute atomic E-state index is 12.9. The van der Waals surface area contributed by atoms with E-state index in [1.807, 2.05) is 23.1 Å². The zero-order chi connectivity index (χ0) is 15.4. The van der Waals surface area contributed by atoms with Crippen LogP contribution in [0.25, 0.3) is 0 Å². The highest BCUT2D eigenvalue weighted by atomic mass is 16.2. The number of anilines is 1. The summed E-state index contributed by atoms with van der Waals surface area (Å²) in [5.41, 5.74) is 4.46. The highest BCUT2D eigenvalue weighted by Crippen LogP contribution is 2.27. The van der Waals surface area contributed by atoms with E-state index in [-0.39, 0.29) is 5.91 Å². The maximum Gasteiger partial charge on any atom is 0.258 e. The van der Waals surface area contributed by atoms with Gasteiger partial charge in [0.25, 0.3) is 5.91 Å². The molecule has 0 aliphatic carbocycles. The third kappa shape index (κ3) is 3.06. The van der Waals surface area contributed by atoms with Crippen LogP contribution in [0.15, 0.2) is 48.5 Å². The standard InChI is InChI=1S/C20H23NO/c1-2-7-16-11-13-18(14-12-16)20(22)21-15-6-5-9-17-8-3-4-10-19(17)21/h3-4,8,10-14H,2,5-7,9,15H2,1H3. The zero-order valence-electron chi connectivity index (χ0n) is 13.2. The summed E-state index contributed by atoms with van der Waals surface area (Å²) >= 11 is 0. The van der Waals surface area contributed by atoms with Gasteiger partial charge in [-0.2, -0.15) is 0 Å². The number of nitrogens with zero attached hydrogens (tertiary/aromatic N) is 1. The fourth-order valence-corrected chi connectivity index (χ4v) is 3.16. The van der Waals surface area contributed by atoms with Crippen molar-refractivity contribution >= 4 is 11.6 Å². The summed E-state index contributed by atoms with van der Waals surface area (Å²) < 4.78 is 0. The molecule has 0 radical (unpaired) electrons. The van der Waals surface area contributed by atoms with E-state index < -0.39 is 0 Å². The Balaban J connectivity index is 1.88. The lowest BCUT2D eigenvalue weighted by Crippen LogP contribution is -2.31. The lowest BCUT2D eigenvalue weighted by atomic mass is 10.1. The largest absolute Gasteiger partial charge is 0.308 e. The summed E-state index contributed by atoms with van der Waals surface area (Å²) in [5, 5.41) is 0. The minimum atomic E-state index is 0.123. The number of hydrogen-bond acceptors (Lipinski definition) is 1. The molecule has 2 aromatic rings. The van der Waals surface area contributed by atoms with E-state index in [0.717, 1.165) is 49.9 Å². The molecule has 2 heteroatoms. The van der Waals surface area contributed by atoms with E-state index in [1.54, 1.807) is 0 Å². The fraction of sp³-hybridized carbons (Fsp3) is 0.350. The molecule has 1 aliphatic heterocycles. The molecule has 0 fully saturated rings. The van der Waals surface area contributed by atoms with Gasteiger partial charge in [-0.3, -0.25) is 4.79 Å². The fourth-order valence-electron chi connectivity index (χ4n) is 3.16. The average Bonchev–Trinajstić information content (AvgIpc) is 2.78. The van der Waals surface area contributed by atoms with Crippen LogP contribution in [0.1, 0.15) is 47.7 Å². The molecule has 2 aromatic carbocycles. The molecule has 0 atom stereocenters. The first-order valence-corrected chi connectivity index (χ1v) is 8.28. The third-order valence-electron chi connectivity index (χ3n) is 4.34. The average molecular weight is 293 g/mol. The number of carbonyl (C=O) groups excluding carboxylic acids is 1. The minimum Gasteiger partial charge on any atom is -0.308 e. The van der Waals surface area contributed by atoms with Crippen LogP contribution in [0.4, 0.5) is 5.69 Å². The number of fused-ring (bicyclic) bond motifs is 1. The monoisotopic (exact) mass is 293 g/mol. The second-order valence-corrected chi connectivity index (χ2v) is 5.99. The van der Waals surface area contributed by atoms with Gasteiger partial charge in [0, 0.05) is 17.8 Å². The van der Waals surface area contributed by atoms with Gasteiger partial charge in [-0.1, -0.05) is 43.7 Å². The number of rotatable bonds is 3. The Labute approximate surface area is 132 Å². The predicted octanol–water partition coefficient (Wildman–Crippen LogP) is 4.62. The van der Waals surface area contributed by atoms with Crippen LogP contribution >= 0.6 is 0 Å². The van der Waals surface area contributed by atoms with Gasteiger partial charge in [0.1, 0.15) is 0 Å². The summed E-state index contributed by atoms with van der Waals surface area (Å²) in [5.74, 6) is 0.123. The first-order valence-electron chi connectivity index (χ1n) is 8.28. The van der Waals surface area contributed by atoms with Gasteiger partial charge in [-0.15, -0.1) is 0 Å². The molecule has 0 bridgehead atoms. The van der Waals surface area contributed by atoms with Gasteiger partial charge in [0.2, 0.25) is 0 Å². The van der Waals surface area contributed by atoms with Crippen molar-refractivity contribution in [2.75, 3.05) is 11.4 Å². The Kier molecular flexibility index (Phi) is 4.57. The molecule has 114 valence electrons. The quantitative estimate of drug-likeness (QED) is 0.808. The number of amides is 1. The van der Waals surface area contributed by atoms with Gasteiger partial charge in [0.05, 0.1) is 0 Å². The topological polar surface area (TPSA) is 20.3 Å². The Morgan fingerprint density at radius 2 is 1.82 bits per heavy atom. The number of carbonyl (C=O) groups is 1. The molecule has 0 saturated carbocycles. The van der Waals surface area contributed by atoms with E-state index in [2.05, 4.69) is 37.3 Å². The molecular weight excluding hydrogens is 270 g/mol. The molecule has 0 N–H and O–H groups in total. The van der Waals surface area contributed by atoms with Crippen molar-refractivity contribution in [2.45, 2.75) is 39.0 Å². The Morgan fingerprint density at radius 1 is 1.05 bits per heavy atom. The summed E-state index contributed by atoms with van der Waals surface area (Å²) in [7, 11) is 0. The lowest BCUT2D eigenvalue weighted by molar-refractivity contribution is 0.0987. The molecule has 0 spiro atoms. The highest BCUT2D eigenvalue weighted by molar-refractivity contribution is 6.06. The first-order chi connectivity index (χ1) is 10.8. The second kappa shape index (κ2) is 6.78. The van der Waals surface area contributed by atoms with Crippen LogP contribution in [0.2, 0.25) is 0 Å². The lowest BCUT2D eigenvalue weighted by Gasteiger charge is -2.23. The van der Waals surface area contributed by atoms with Gasteiger partial charge in [-0.05, 0) is 55.0 Å².